The van der Waals surface area contributed by atoms with Crippen LogP contribution >= 0.6 is 0 Å². The van der Waals surface area contributed by atoms with Gasteiger partial charge in [-0.2, -0.15) is 5.10 Å². The molecule has 2 rings (SSSR count). The number of hydrogen-bond donors (Lipinski definition) is 2. The molecule has 0 aliphatic carbocycles. The van der Waals surface area contributed by atoms with E-state index in [2.05, 4.69) is 10.4 Å². The van der Waals surface area contributed by atoms with Gasteiger partial charge in [0.05, 0.1) is 22.8 Å². The maximum absolute atomic E-state index is 13.4. The highest BCUT2D eigenvalue weighted by Crippen LogP contribution is 2.29. The molecule has 0 fully saturated rings. The third-order valence-electron chi connectivity index (χ3n) is 4.58. The molecule has 0 saturated heterocycles. The number of amides is 1. The molecule has 0 unspecified atom stereocenters. The van der Waals surface area contributed by atoms with Crippen LogP contribution in [-0.2, 0) is 34.0 Å². The van der Waals surface area contributed by atoms with Crippen LogP contribution in [0.15, 0.2) is 34.1 Å². The van der Waals surface area contributed by atoms with Crippen molar-refractivity contribution < 1.29 is 13.2 Å². The molecule has 0 aliphatic heterocycles. The van der Waals surface area contributed by atoms with Crippen LogP contribution in [0.2, 0.25) is 0 Å². The van der Waals surface area contributed by atoms with Gasteiger partial charge in [0.15, 0.2) is 0 Å². The monoisotopic (exact) mass is 420 g/mol. The van der Waals surface area contributed by atoms with E-state index in [1.165, 1.54) is 12.1 Å². The molecule has 0 spiro atoms. The molecular weight excluding hydrogens is 388 g/mol. The van der Waals surface area contributed by atoms with Gasteiger partial charge in [0.1, 0.15) is 4.90 Å². The van der Waals surface area contributed by atoms with Crippen molar-refractivity contribution in [1.29, 1.82) is 0 Å². The number of carbonyl (C=O) groups excluding carboxylic acids is 1. The third kappa shape index (κ3) is 5.05. The van der Waals surface area contributed by atoms with Gasteiger partial charge in [-0.1, -0.05) is 34.6 Å². The predicted molar refractivity (Wildman–Crippen MR) is 115 cm³/mol. The minimum atomic E-state index is -3.75. The summed E-state index contributed by atoms with van der Waals surface area (Å²) in [4.78, 5) is 12.6. The third-order valence-corrected chi connectivity index (χ3v) is 6.48. The van der Waals surface area contributed by atoms with Crippen molar-refractivity contribution in [2.24, 2.45) is 11.1 Å². The Morgan fingerprint density at radius 3 is 2.21 bits per heavy atom. The van der Waals surface area contributed by atoms with E-state index >= 15 is 0 Å². The quantitative estimate of drug-likeness (QED) is 0.715. The number of nitrogens with zero attached hydrogens (tertiary/aromatic N) is 2. The van der Waals surface area contributed by atoms with Crippen LogP contribution in [0.25, 0.3) is 0 Å². The van der Waals surface area contributed by atoms with E-state index < -0.39 is 15.3 Å². The minimum absolute atomic E-state index is 0.133. The number of hydrogen-bond acceptors (Lipinski definition) is 5. The van der Waals surface area contributed by atoms with Gasteiger partial charge in [-0.3, -0.25) is 9.48 Å². The van der Waals surface area contributed by atoms with Gasteiger partial charge >= 0.3 is 0 Å². The number of nitrogens with two attached hydrogens (primary N) is 1. The van der Waals surface area contributed by atoms with Gasteiger partial charge < -0.3 is 11.1 Å². The molecule has 0 saturated carbocycles. The zero-order chi connectivity index (χ0) is 22.0. The second-order valence-corrected chi connectivity index (χ2v) is 10.2. The van der Waals surface area contributed by atoms with Crippen molar-refractivity contribution in [2.45, 2.75) is 76.8 Å². The van der Waals surface area contributed by atoms with Crippen molar-refractivity contribution in [1.82, 2.24) is 9.78 Å². The second kappa shape index (κ2) is 8.67. The number of anilines is 1. The molecule has 1 atom stereocenters. The molecule has 1 aromatic carbocycles. The molecule has 8 heteroatoms. The molecular formula is C21H32N4O3S. The first-order valence-electron chi connectivity index (χ1n) is 9.92. The number of sulfone groups is 1. The molecule has 1 aromatic heterocycles. The predicted octanol–water partition coefficient (Wildman–Crippen LogP) is 3.17. The maximum Gasteiger partial charge on any atom is 0.229 e. The van der Waals surface area contributed by atoms with Crippen molar-refractivity contribution in [2.75, 3.05) is 5.32 Å². The Kier molecular flexibility index (Phi) is 6.90. The fraction of sp³-hybridized carbons (Fsp3) is 0.524. The molecule has 7 nitrogen and oxygen atoms in total. The van der Waals surface area contributed by atoms with Gasteiger partial charge in [0, 0.05) is 17.1 Å². The largest absolute Gasteiger partial charge is 0.326 e. The van der Waals surface area contributed by atoms with Crippen molar-refractivity contribution >= 4 is 21.4 Å². The van der Waals surface area contributed by atoms with E-state index in [0.717, 1.165) is 0 Å². The summed E-state index contributed by atoms with van der Waals surface area (Å²) in [6, 6.07) is 6.14. The minimum Gasteiger partial charge on any atom is -0.326 e. The number of nitrogens with one attached hydrogen (secondary N) is 1. The SMILES string of the molecule is CCc1nn(C[C@H](C)N)c(CC)c1S(=O)(=O)c1ccc(NC(=O)C(C)(C)C)cc1. The molecule has 1 heterocycles. The highest BCUT2D eigenvalue weighted by atomic mass is 32.2. The first-order valence-corrected chi connectivity index (χ1v) is 11.4. The fourth-order valence-corrected chi connectivity index (χ4v) is 4.78. The molecule has 29 heavy (non-hydrogen) atoms. The van der Waals surface area contributed by atoms with E-state index in [-0.39, 0.29) is 21.7 Å². The molecule has 160 valence electrons. The highest BCUT2D eigenvalue weighted by Gasteiger charge is 2.29. The Bertz CT molecular complexity index is 969. The highest BCUT2D eigenvalue weighted by molar-refractivity contribution is 7.91. The maximum atomic E-state index is 13.4. The van der Waals surface area contributed by atoms with Crippen LogP contribution in [0.3, 0.4) is 0 Å². The van der Waals surface area contributed by atoms with E-state index in [0.29, 0.717) is 36.5 Å². The number of carbonyl (C=O) groups is 1. The van der Waals surface area contributed by atoms with E-state index in [1.807, 2.05) is 41.5 Å². The van der Waals surface area contributed by atoms with Crippen LogP contribution < -0.4 is 11.1 Å². The van der Waals surface area contributed by atoms with Gasteiger partial charge in [0.25, 0.3) is 0 Å². The van der Waals surface area contributed by atoms with Crippen LogP contribution in [0.1, 0.15) is 52.9 Å². The summed E-state index contributed by atoms with van der Waals surface area (Å²) < 4.78 is 28.5. The van der Waals surface area contributed by atoms with Crippen LogP contribution in [0.5, 0.6) is 0 Å². The molecule has 0 bridgehead atoms. The van der Waals surface area contributed by atoms with E-state index in [1.54, 1.807) is 16.8 Å². The van der Waals surface area contributed by atoms with Gasteiger partial charge in [0.2, 0.25) is 15.7 Å². The van der Waals surface area contributed by atoms with E-state index in [4.69, 9.17) is 5.73 Å². The van der Waals surface area contributed by atoms with Gasteiger partial charge in [-0.05, 0) is 44.0 Å². The summed E-state index contributed by atoms with van der Waals surface area (Å²) in [7, 11) is -3.75. The molecule has 1 amide bonds. The molecule has 0 radical (unpaired) electrons. The van der Waals surface area contributed by atoms with Crippen LogP contribution in [0, 0.1) is 5.41 Å². The van der Waals surface area contributed by atoms with Crippen molar-refractivity contribution in [3.8, 4) is 0 Å². The summed E-state index contributed by atoms with van der Waals surface area (Å²) in [6.45, 7) is 11.6. The second-order valence-electron chi connectivity index (χ2n) is 8.32. The molecule has 3 N–H and O–H groups in total. The first-order chi connectivity index (χ1) is 13.4. The molecule has 2 aromatic rings. The number of benzene rings is 1. The Balaban J connectivity index is 2.45. The number of rotatable bonds is 7. The Labute approximate surface area is 173 Å². The first kappa shape index (κ1) is 23.1. The number of aryl methyl sites for hydroxylation is 1. The van der Waals surface area contributed by atoms with Crippen molar-refractivity contribution in [3.63, 3.8) is 0 Å². The van der Waals surface area contributed by atoms with Crippen LogP contribution in [0.4, 0.5) is 5.69 Å². The standard InChI is InChI=1S/C21H32N4O3S/c1-7-17-19(18(8-2)25(24-17)13-14(3)22)29(27,28)16-11-9-15(10-12-16)23-20(26)21(4,5)6/h9-12,14H,7-8,13,22H2,1-6H3,(H,23,26)/t14-/m0/s1. The lowest BCUT2D eigenvalue weighted by Crippen LogP contribution is -2.27. The lowest BCUT2D eigenvalue weighted by molar-refractivity contribution is -0.123. The number of aromatic nitrogens is 2. The summed E-state index contributed by atoms with van der Waals surface area (Å²) in [5, 5.41) is 7.32. The van der Waals surface area contributed by atoms with E-state index in [9.17, 15) is 13.2 Å². The Morgan fingerprint density at radius 1 is 1.17 bits per heavy atom. The average molecular weight is 421 g/mol. The zero-order valence-electron chi connectivity index (χ0n) is 18.1. The fourth-order valence-electron chi connectivity index (χ4n) is 3.00. The summed E-state index contributed by atoms with van der Waals surface area (Å²) >= 11 is 0. The lowest BCUT2D eigenvalue weighted by Gasteiger charge is -2.17. The smallest absolute Gasteiger partial charge is 0.229 e. The van der Waals surface area contributed by atoms with Gasteiger partial charge in [-0.15, -0.1) is 0 Å². The van der Waals surface area contributed by atoms with Crippen LogP contribution in [-0.4, -0.2) is 30.1 Å². The molecule has 0 aliphatic rings. The summed E-state index contributed by atoms with van der Waals surface area (Å²) in [5.74, 6) is -0.133. The zero-order valence-corrected chi connectivity index (χ0v) is 18.9. The van der Waals surface area contributed by atoms with Gasteiger partial charge in [-0.25, -0.2) is 8.42 Å². The lowest BCUT2D eigenvalue weighted by atomic mass is 9.95. The Hall–Kier alpha value is -2.19. The average Bonchev–Trinajstić information content (AvgIpc) is 2.98. The van der Waals surface area contributed by atoms with Crippen molar-refractivity contribution in [3.05, 3.63) is 35.7 Å². The summed E-state index contributed by atoms with van der Waals surface area (Å²) in [5.41, 5.74) is 7.15. The summed E-state index contributed by atoms with van der Waals surface area (Å²) in [6.07, 6.45) is 1.04. The topological polar surface area (TPSA) is 107 Å². The normalized spacial score (nSPS) is 13.3. The Morgan fingerprint density at radius 2 is 1.76 bits per heavy atom.